The zero-order chi connectivity index (χ0) is 11.3. The smallest absolute Gasteiger partial charge is 0.155 e. The molecule has 0 saturated carbocycles. The minimum Gasteiger partial charge on any atom is -0.228 e. The maximum atomic E-state index is 11.5. The molecule has 0 radical (unpaired) electrons. The van der Waals surface area contributed by atoms with Gasteiger partial charge in [0.25, 0.3) is 0 Å². The molecule has 0 aliphatic carbocycles. The van der Waals surface area contributed by atoms with Crippen molar-refractivity contribution >= 4 is 27.0 Å². The Bertz CT molecular complexity index is 423. The van der Waals surface area contributed by atoms with Crippen LogP contribution in [0, 0.1) is 0 Å². The van der Waals surface area contributed by atoms with Crippen molar-refractivity contribution in [3.63, 3.8) is 0 Å². The van der Waals surface area contributed by atoms with Crippen molar-refractivity contribution in [3.05, 3.63) is 42.5 Å². The van der Waals surface area contributed by atoms with Gasteiger partial charge >= 0.3 is 0 Å². The summed E-state index contributed by atoms with van der Waals surface area (Å²) in [6, 6.07) is 9.28. The van der Waals surface area contributed by atoms with Crippen LogP contribution in [-0.2, 0) is 9.84 Å². The van der Waals surface area contributed by atoms with E-state index < -0.39 is 9.84 Å². The number of halogens is 1. The van der Waals surface area contributed by atoms with Gasteiger partial charge in [-0.2, -0.15) is 0 Å². The second-order valence-corrected chi connectivity index (χ2v) is 5.81. The highest BCUT2D eigenvalue weighted by Gasteiger charge is 2.12. The molecular formula is C11H13ClO2S. The van der Waals surface area contributed by atoms with E-state index in [1.165, 1.54) is 0 Å². The van der Waals surface area contributed by atoms with Gasteiger partial charge in [-0.1, -0.05) is 36.9 Å². The Hall–Kier alpha value is -0.800. The average Bonchev–Trinajstić information content (AvgIpc) is 2.18. The molecule has 1 rings (SSSR count). The van der Waals surface area contributed by atoms with Crippen molar-refractivity contribution in [1.29, 1.82) is 0 Å². The van der Waals surface area contributed by atoms with E-state index in [1.54, 1.807) is 0 Å². The van der Waals surface area contributed by atoms with E-state index in [4.69, 9.17) is 11.6 Å². The Labute approximate surface area is 95.5 Å². The number of benzene rings is 1. The topological polar surface area (TPSA) is 34.1 Å². The first kappa shape index (κ1) is 12.3. The molecule has 0 fully saturated rings. The lowest BCUT2D eigenvalue weighted by molar-refractivity contribution is 0.601. The third-order valence-corrected chi connectivity index (χ3v) is 3.99. The fourth-order valence-electron chi connectivity index (χ4n) is 1.21. The van der Waals surface area contributed by atoms with Gasteiger partial charge < -0.3 is 0 Å². The molecule has 82 valence electrons. The van der Waals surface area contributed by atoms with E-state index in [2.05, 4.69) is 6.58 Å². The van der Waals surface area contributed by atoms with E-state index in [9.17, 15) is 8.42 Å². The molecule has 0 aliphatic heterocycles. The van der Waals surface area contributed by atoms with Crippen LogP contribution < -0.4 is 0 Å². The highest BCUT2D eigenvalue weighted by atomic mass is 35.5. The van der Waals surface area contributed by atoms with Crippen LogP contribution in [0.1, 0.15) is 5.56 Å². The predicted molar refractivity (Wildman–Crippen MR) is 64.8 cm³/mol. The van der Waals surface area contributed by atoms with E-state index in [0.717, 1.165) is 5.56 Å². The highest BCUT2D eigenvalue weighted by molar-refractivity contribution is 7.91. The first-order valence-corrected chi connectivity index (χ1v) is 6.90. The van der Waals surface area contributed by atoms with Crippen LogP contribution in [0.3, 0.4) is 0 Å². The SMILES string of the molecule is C=C(CS(=O)(=O)CCCl)c1ccccc1. The molecule has 0 atom stereocenters. The van der Waals surface area contributed by atoms with Crippen molar-refractivity contribution in [1.82, 2.24) is 0 Å². The van der Waals surface area contributed by atoms with Gasteiger partial charge in [0.2, 0.25) is 0 Å². The van der Waals surface area contributed by atoms with Crippen LogP contribution in [0.4, 0.5) is 0 Å². The van der Waals surface area contributed by atoms with Gasteiger partial charge in [0, 0.05) is 5.88 Å². The van der Waals surface area contributed by atoms with Crippen molar-refractivity contribution < 1.29 is 8.42 Å². The van der Waals surface area contributed by atoms with Crippen molar-refractivity contribution in [2.45, 2.75) is 0 Å². The van der Waals surface area contributed by atoms with Crippen LogP contribution in [0.5, 0.6) is 0 Å². The van der Waals surface area contributed by atoms with Gasteiger partial charge in [-0.05, 0) is 11.1 Å². The molecule has 0 unspecified atom stereocenters. The summed E-state index contributed by atoms with van der Waals surface area (Å²) in [4.78, 5) is 0. The molecule has 0 N–H and O–H groups in total. The van der Waals surface area contributed by atoms with Gasteiger partial charge in [-0.25, -0.2) is 8.42 Å². The fraction of sp³-hybridized carbons (Fsp3) is 0.273. The van der Waals surface area contributed by atoms with E-state index in [1.807, 2.05) is 30.3 Å². The average molecular weight is 245 g/mol. The van der Waals surface area contributed by atoms with Crippen LogP contribution in [0.2, 0.25) is 0 Å². The predicted octanol–water partition coefficient (Wildman–Crippen LogP) is 2.35. The minimum atomic E-state index is -3.11. The summed E-state index contributed by atoms with van der Waals surface area (Å²) in [5.41, 5.74) is 1.47. The molecule has 0 spiro atoms. The number of hydrogen-bond donors (Lipinski definition) is 0. The number of hydrogen-bond acceptors (Lipinski definition) is 2. The van der Waals surface area contributed by atoms with Crippen LogP contribution >= 0.6 is 11.6 Å². The Morgan fingerprint density at radius 2 is 1.87 bits per heavy atom. The lowest BCUT2D eigenvalue weighted by atomic mass is 10.1. The number of sulfone groups is 1. The monoisotopic (exact) mass is 244 g/mol. The van der Waals surface area contributed by atoms with Crippen molar-refractivity contribution in [2.24, 2.45) is 0 Å². The molecule has 0 amide bonds. The maximum absolute atomic E-state index is 11.5. The normalized spacial score (nSPS) is 11.3. The first-order chi connectivity index (χ1) is 7.05. The zero-order valence-electron chi connectivity index (χ0n) is 8.32. The Morgan fingerprint density at radius 3 is 2.40 bits per heavy atom. The summed E-state index contributed by atoms with van der Waals surface area (Å²) in [5, 5.41) is 0. The summed E-state index contributed by atoms with van der Waals surface area (Å²) < 4.78 is 22.9. The van der Waals surface area contributed by atoms with Crippen molar-refractivity contribution in [2.75, 3.05) is 17.4 Å². The molecule has 4 heteroatoms. The van der Waals surface area contributed by atoms with Gasteiger partial charge in [-0.15, -0.1) is 11.6 Å². The second kappa shape index (κ2) is 5.33. The van der Waals surface area contributed by atoms with Gasteiger partial charge in [0.1, 0.15) is 0 Å². The number of alkyl halides is 1. The summed E-state index contributed by atoms with van der Waals surface area (Å²) >= 11 is 5.41. The van der Waals surface area contributed by atoms with E-state index in [-0.39, 0.29) is 17.4 Å². The first-order valence-electron chi connectivity index (χ1n) is 4.55. The fourth-order valence-corrected chi connectivity index (χ4v) is 2.99. The lowest BCUT2D eigenvalue weighted by Gasteiger charge is -2.05. The Balaban J connectivity index is 2.73. The quantitative estimate of drug-likeness (QED) is 0.746. The maximum Gasteiger partial charge on any atom is 0.155 e. The molecule has 0 saturated heterocycles. The largest absolute Gasteiger partial charge is 0.228 e. The molecule has 15 heavy (non-hydrogen) atoms. The summed E-state index contributed by atoms with van der Waals surface area (Å²) in [5.74, 6) is 0.106. The molecule has 1 aromatic carbocycles. The Morgan fingerprint density at radius 1 is 1.27 bits per heavy atom. The lowest BCUT2D eigenvalue weighted by Crippen LogP contribution is -2.13. The van der Waals surface area contributed by atoms with Crippen LogP contribution in [-0.4, -0.2) is 25.8 Å². The van der Waals surface area contributed by atoms with E-state index >= 15 is 0 Å². The van der Waals surface area contributed by atoms with Gasteiger partial charge in [0.05, 0.1) is 11.5 Å². The highest BCUT2D eigenvalue weighted by Crippen LogP contribution is 2.14. The summed E-state index contributed by atoms with van der Waals surface area (Å²) in [6.45, 7) is 3.77. The molecule has 2 nitrogen and oxygen atoms in total. The standard InChI is InChI=1S/C11H13ClO2S/c1-10(9-15(13,14)8-7-12)11-5-3-2-4-6-11/h2-6H,1,7-9H2. The summed E-state index contributed by atoms with van der Waals surface area (Å²) in [7, 11) is -3.11. The van der Waals surface area contributed by atoms with Gasteiger partial charge in [0.15, 0.2) is 9.84 Å². The van der Waals surface area contributed by atoms with Crippen molar-refractivity contribution in [3.8, 4) is 0 Å². The summed E-state index contributed by atoms with van der Waals surface area (Å²) in [6.07, 6.45) is 0. The zero-order valence-corrected chi connectivity index (χ0v) is 9.89. The molecule has 0 heterocycles. The molecule has 0 bridgehead atoms. The van der Waals surface area contributed by atoms with Crippen LogP contribution in [0.15, 0.2) is 36.9 Å². The molecular weight excluding hydrogens is 232 g/mol. The van der Waals surface area contributed by atoms with E-state index in [0.29, 0.717) is 5.57 Å². The third kappa shape index (κ3) is 4.06. The van der Waals surface area contributed by atoms with Crippen LogP contribution in [0.25, 0.3) is 5.57 Å². The molecule has 0 aromatic heterocycles. The second-order valence-electron chi connectivity index (χ2n) is 3.25. The minimum absolute atomic E-state index is 0.000406. The van der Waals surface area contributed by atoms with Gasteiger partial charge in [-0.3, -0.25) is 0 Å². The molecule has 1 aromatic rings. The Kier molecular flexibility index (Phi) is 4.36. The number of rotatable bonds is 5. The third-order valence-electron chi connectivity index (χ3n) is 1.96. The molecule has 0 aliphatic rings.